The fourth-order valence-corrected chi connectivity index (χ4v) is 4.51. The van der Waals surface area contributed by atoms with E-state index in [1.807, 2.05) is 13.1 Å². The van der Waals surface area contributed by atoms with Gasteiger partial charge in [0.2, 0.25) is 0 Å². The van der Waals surface area contributed by atoms with Gasteiger partial charge in [0.1, 0.15) is 11.5 Å². The Morgan fingerprint density at radius 2 is 1.81 bits per heavy atom. The van der Waals surface area contributed by atoms with E-state index in [0.717, 1.165) is 68.6 Å². The molecule has 0 bridgehead atoms. The average molecular weight is 558 g/mol. The quantitative estimate of drug-likeness (QED) is 0.248. The van der Waals surface area contributed by atoms with Crippen molar-refractivity contribution in [2.24, 2.45) is 10.9 Å². The number of hydrogen-bond acceptors (Lipinski definition) is 5. The van der Waals surface area contributed by atoms with Crippen LogP contribution < -0.4 is 20.1 Å². The van der Waals surface area contributed by atoms with E-state index in [0.29, 0.717) is 6.04 Å². The summed E-state index contributed by atoms with van der Waals surface area (Å²) < 4.78 is 10.8. The van der Waals surface area contributed by atoms with Gasteiger partial charge in [0.05, 0.1) is 14.2 Å². The van der Waals surface area contributed by atoms with E-state index < -0.39 is 0 Å². The molecule has 180 valence electrons. The minimum Gasteiger partial charge on any atom is -0.497 e. The number of methoxy groups -OCH3 is 2. The van der Waals surface area contributed by atoms with Crippen molar-refractivity contribution in [2.75, 3.05) is 54.0 Å². The molecule has 3 fully saturated rings. The van der Waals surface area contributed by atoms with Crippen molar-refractivity contribution in [3.05, 3.63) is 23.8 Å². The van der Waals surface area contributed by atoms with E-state index in [9.17, 15) is 0 Å². The highest BCUT2D eigenvalue weighted by Gasteiger charge is 2.33. The van der Waals surface area contributed by atoms with Crippen LogP contribution in [0.4, 0.5) is 0 Å². The summed E-state index contributed by atoms with van der Waals surface area (Å²) in [6.07, 6.45) is 6.76. The monoisotopic (exact) mass is 557 g/mol. The molecule has 32 heavy (non-hydrogen) atoms. The second-order valence-corrected chi connectivity index (χ2v) is 9.25. The van der Waals surface area contributed by atoms with Gasteiger partial charge in [0.25, 0.3) is 0 Å². The first-order valence-corrected chi connectivity index (χ1v) is 11.8. The largest absolute Gasteiger partial charge is 0.497 e. The van der Waals surface area contributed by atoms with Gasteiger partial charge >= 0.3 is 0 Å². The van der Waals surface area contributed by atoms with Crippen LogP contribution in [0.1, 0.15) is 37.7 Å². The predicted molar refractivity (Wildman–Crippen MR) is 140 cm³/mol. The number of nitrogens with one attached hydrogen (secondary N) is 2. The highest BCUT2D eigenvalue weighted by atomic mass is 127. The Labute approximate surface area is 210 Å². The second-order valence-electron chi connectivity index (χ2n) is 9.25. The molecular weight excluding hydrogens is 517 g/mol. The normalized spacial score (nSPS) is 21.4. The Morgan fingerprint density at radius 3 is 2.41 bits per heavy atom. The summed E-state index contributed by atoms with van der Waals surface area (Å²) in [5.74, 6) is 3.58. The zero-order chi connectivity index (χ0) is 21.6. The summed E-state index contributed by atoms with van der Waals surface area (Å²) in [6.45, 7) is 6.36. The van der Waals surface area contributed by atoms with Gasteiger partial charge in [-0.2, -0.15) is 0 Å². The Hall–Kier alpha value is -1.26. The number of benzene rings is 1. The van der Waals surface area contributed by atoms with Crippen LogP contribution in [0, 0.1) is 5.92 Å². The van der Waals surface area contributed by atoms with Crippen molar-refractivity contribution < 1.29 is 9.47 Å². The van der Waals surface area contributed by atoms with Crippen molar-refractivity contribution in [2.45, 2.75) is 50.7 Å². The number of guanidine groups is 1. The molecule has 2 saturated carbocycles. The molecule has 0 spiro atoms. The zero-order valence-corrected chi connectivity index (χ0v) is 22.1. The van der Waals surface area contributed by atoms with E-state index in [2.05, 4.69) is 37.6 Å². The fraction of sp³-hybridized carbons (Fsp3) is 0.708. The van der Waals surface area contributed by atoms with Crippen molar-refractivity contribution in [3.8, 4) is 11.5 Å². The minimum atomic E-state index is 0. The third-order valence-corrected chi connectivity index (χ3v) is 6.60. The van der Waals surface area contributed by atoms with Crippen molar-refractivity contribution in [3.63, 3.8) is 0 Å². The van der Waals surface area contributed by atoms with Gasteiger partial charge in [-0.25, -0.2) is 0 Å². The predicted octanol–water partition coefficient (Wildman–Crippen LogP) is 2.94. The van der Waals surface area contributed by atoms with Gasteiger partial charge in [0, 0.05) is 64.5 Å². The number of rotatable bonds is 11. The molecule has 8 heteroatoms. The molecule has 0 radical (unpaired) electrons. The van der Waals surface area contributed by atoms with Crippen molar-refractivity contribution in [1.29, 1.82) is 0 Å². The first kappa shape index (κ1) is 25.4. The van der Waals surface area contributed by atoms with Crippen LogP contribution in [0.2, 0.25) is 0 Å². The minimum absolute atomic E-state index is 0. The van der Waals surface area contributed by atoms with Crippen molar-refractivity contribution in [1.82, 2.24) is 20.4 Å². The molecule has 7 nitrogen and oxygen atoms in total. The number of nitrogens with zero attached hydrogens (tertiary/aromatic N) is 3. The molecule has 4 rings (SSSR count). The van der Waals surface area contributed by atoms with Crippen LogP contribution in [0.3, 0.4) is 0 Å². The van der Waals surface area contributed by atoms with Crippen molar-refractivity contribution >= 4 is 29.9 Å². The molecule has 1 aromatic rings. The van der Waals surface area contributed by atoms with E-state index in [1.165, 1.54) is 37.8 Å². The topological polar surface area (TPSA) is 61.4 Å². The Bertz CT molecular complexity index is 732. The van der Waals surface area contributed by atoms with Crippen LogP contribution in [-0.4, -0.2) is 81.8 Å². The van der Waals surface area contributed by atoms with Crippen LogP contribution in [0.15, 0.2) is 23.2 Å². The first-order chi connectivity index (χ1) is 15.2. The van der Waals surface area contributed by atoms with E-state index in [1.54, 1.807) is 14.2 Å². The highest BCUT2D eigenvalue weighted by Crippen LogP contribution is 2.34. The summed E-state index contributed by atoms with van der Waals surface area (Å²) in [5.41, 5.74) is 1.22. The average Bonchev–Trinajstić information content (AvgIpc) is 3.71. The standard InChI is InChI=1S/C24H39N5O2.HI/c1-25-24(26-9-11-29(21-6-7-21)16-18-4-5-18)27-20-8-10-28(17-20)15-19-12-22(30-2)14-23(13-19)31-3;/h12-14,18,20-21H,4-11,15-17H2,1-3H3,(H2,25,26,27);1H. The second kappa shape index (κ2) is 12.3. The summed E-state index contributed by atoms with van der Waals surface area (Å²) >= 11 is 0. The summed E-state index contributed by atoms with van der Waals surface area (Å²) in [4.78, 5) is 9.63. The molecule has 1 heterocycles. The SMILES string of the molecule is CN=C(NCCN(CC1CC1)C1CC1)NC1CCN(Cc2cc(OC)cc(OC)c2)C1.I. The fourth-order valence-electron chi connectivity index (χ4n) is 4.51. The maximum atomic E-state index is 5.41. The summed E-state index contributed by atoms with van der Waals surface area (Å²) in [6, 6.07) is 7.37. The van der Waals surface area contributed by atoms with E-state index in [-0.39, 0.29) is 24.0 Å². The van der Waals surface area contributed by atoms with Crippen LogP contribution in [-0.2, 0) is 6.54 Å². The van der Waals surface area contributed by atoms with Gasteiger partial charge in [-0.15, -0.1) is 24.0 Å². The van der Waals surface area contributed by atoms with Gasteiger partial charge < -0.3 is 20.1 Å². The Balaban J connectivity index is 0.00000289. The lowest BCUT2D eigenvalue weighted by Crippen LogP contribution is -2.47. The molecule has 1 aromatic carbocycles. The lowest BCUT2D eigenvalue weighted by molar-refractivity contribution is 0.256. The van der Waals surface area contributed by atoms with Crippen LogP contribution in [0.25, 0.3) is 0 Å². The number of hydrogen-bond donors (Lipinski definition) is 2. The van der Waals surface area contributed by atoms with Gasteiger partial charge in [-0.1, -0.05) is 0 Å². The molecule has 3 aliphatic rings. The zero-order valence-electron chi connectivity index (χ0n) is 19.8. The molecule has 2 aliphatic carbocycles. The van der Waals surface area contributed by atoms with Crippen LogP contribution in [0.5, 0.6) is 11.5 Å². The number of halogens is 1. The Morgan fingerprint density at radius 1 is 1.09 bits per heavy atom. The molecule has 1 saturated heterocycles. The van der Waals surface area contributed by atoms with E-state index >= 15 is 0 Å². The summed E-state index contributed by atoms with van der Waals surface area (Å²) in [5, 5.41) is 7.17. The molecule has 0 amide bonds. The smallest absolute Gasteiger partial charge is 0.191 e. The lowest BCUT2D eigenvalue weighted by Gasteiger charge is -2.23. The maximum Gasteiger partial charge on any atom is 0.191 e. The van der Waals surface area contributed by atoms with Crippen LogP contribution >= 0.6 is 24.0 Å². The lowest BCUT2D eigenvalue weighted by atomic mass is 10.2. The highest BCUT2D eigenvalue weighted by molar-refractivity contribution is 14.0. The third-order valence-electron chi connectivity index (χ3n) is 6.60. The number of aliphatic imine (C=N–C) groups is 1. The Kier molecular flexibility index (Phi) is 9.73. The number of likely N-dealkylation sites (tertiary alicyclic amines) is 1. The van der Waals surface area contributed by atoms with Gasteiger partial charge in [-0.3, -0.25) is 14.8 Å². The van der Waals surface area contributed by atoms with Gasteiger partial charge in [0.15, 0.2) is 5.96 Å². The molecular formula is C24H40IN5O2. The van der Waals surface area contributed by atoms with Gasteiger partial charge in [-0.05, 0) is 55.7 Å². The molecule has 0 aromatic heterocycles. The molecule has 1 aliphatic heterocycles. The maximum absolute atomic E-state index is 5.41. The first-order valence-electron chi connectivity index (χ1n) is 11.8. The van der Waals surface area contributed by atoms with E-state index in [4.69, 9.17) is 9.47 Å². The molecule has 2 N–H and O–H groups in total. The third kappa shape index (κ3) is 7.66. The molecule has 1 unspecified atom stereocenters. The molecule has 1 atom stereocenters. The summed E-state index contributed by atoms with van der Waals surface area (Å²) in [7, 11) is 5.26. The number of ether oxygens (including phenoxy) is 2.